The molecule has 5 heteroatoms. The molecule has 2 saturated carbocycles. The Hall–Kier alpha value is -1.28. The number of rotatable bonds is 3. The predicted molar refractivity (Wildman–Crippen MR) is 83.9 cm³/mol. The van der Waals surface area contributed by atoms with E-state index < -0.39 is 5.54 Å². The molecule has 4 nitrogen and oxygen atoms in total. The number of hydrogen-bond donors (Lipinski definition) is 0. The molecule has 1 aromatic rings. The van der Waals surface area contributed by atoms with Crippen LogP contribution in [0.3, 0.4) is 0 Å². The Bertz CT molecular complexity index is 591. The highest BCUT2D eigenvalue weighted by Crippen LogP contribution is 2.39. The van der Waals surface area contributed by atoms with Crippen LogP contribution < -0.4 is 0 Å². The van der Waals surface area contributed by atoms with Gasteiger partial charge in [0.05, 0.1) is 6.07 Å². The summed E-state index contributed by atoms with van der Waals surface area (Å²) in [7, 11) is 1.79. The van der Waals surface area contributed by atoms with E-state index in [0.29, 0.717) is 11.7 Å². The van der Waals surface area contributed by atoms with Gasteiger partial charge in [-0.15, -0.1) is 0 Å². The number of nitrogens with zero attached hydrogens (tertiary/aromatic N) is 3. The first-order chi connectivity index (χ1) is 10.1. The Morgan fingerprint density at radius 1 is 1.43 bits per heavy atom. The topological polar surface area (TPSA) is 49.0 Å². The van der Waals surface area contributed by atoms with Gasteiger partial charge in [-0.3, -0.25) is 4.79 Å². The molecule has 0 bridgehead atoms. The number of aromatic nitrogens is 1. The van der Waals surface area contributed by atoms with E-state index in [1.807, 2.05) is 12.3 Å². The second-order valence-electron chi connectivity index (χ2n) is 6.25. The summed E-state index contributed by atoms with van der Waals surface area (Å²) in [5.41, 5.74) is 0.0765. The first kappa shape index (κ1) is 14.6. The van der Waals surface area contributed by atoms with Gasteiger partial charge in [-0.2, -0.15) is 5.26 Å². The highest BCUT2D eigenvalue weighted by atomic mass is 79.9. The lowest BCUT2D eigenvalue weighted by Crippen LogP contribution is -2.50. The number of carbonyl (C=O) groups excluding carboxylic acids is 1. The molecule has 2 fully saturated rings. The molecule has 1 aromatic heterocycles. The van der Waals surface area contributed by atoms with Gasteiger partial charge in [0, 0.05) is 23.8 Å². The van der Waals surface area contributed by atoms with Crippen LogP contribution >= 0.6 is 15.9 Å². The molecule has 0 unspecified atom stereocenters. The fourth-order valence-corrected chi connectivity index (χ4v) is 3.73. The summed E-state index contributed by atoms with van der Waals surface area (Å²) < 4.78 is 3.00. The van der Waals surface area contributed by atoms with Crippen molar-refractivity contribution in [2.75, 3.05) is 7.05 Å². The van der Waals surface area contributed by atoms with Crippen molar-refractivity contribution in [1.82, 2.24) is 9.47 Å². The third-order valence-electron chi connectivity index (χ3n) is 4.81. The van der Waals surface area contributed by atoms with E-state index in [9.17, 15) is 10.1 Å². The van der Waals surface area contributed by atoms with Gasteiger partial charge < -0.3 is 9.47 Å². The highest BCUT2D eigenvalue weighted by Gasteiger charge is 2.40. The number of halogens is 1. The monoisotopic (exact) mass is 349 g/mol. The number of hydrogen-bond acceptors (Lipinski definition) is 2. The van der Waals surface area contributed by atoms with Gasteiger partial charge in [-0.1, -0.05) is 19.3 Å². The van der Waals surface area contributed by atoms with Crippen molar-refractivity contribution in [1.29, 1.82) is 5.26 Å². The zero-order valence-electron chi connectivity index (χ0n) is 12.3. The van der Waals surface area contributed by atoms with E-state index in [4.69, 9.17) is 0 Å². The van der Waals surface area contributed by atoms with Gasteiger partial charge in [-0.25, -0.2) is 0 Å². The quantitative estimate of drug-likeness (QED) is 0.831. The molecule has 2 aliphatic rings. The summed E-state index contributed by atoms with van der Waals surface area (Å²) in [5, 5.41) is 9.64. The Balaban J connectivity index is 1.89. The van der Waals surface area contributed by atoms with Crippen LogP contribution in [0.15, 0.2) is 16.7 Å². The lowest BCUT2D eigenvalue weighted by molar-refractivity contribution is 0.0578. The first-order valence-corrected chi connectivity index (χ1v) is 8.43. The third-order valence-corrected chi connectivity index (χ3v) is 5.24. The lowest BCUT2D eigenvalue weighted by atomic mass is 9.81. The maximum absolute atomic E-state index is 12.9. The SMILES string of the molecule is CN(C(=O)c1cc(Br)cn1C1CC1)C1(C#N)CCCCC1. The van der Waals surface area contributed by atoms with Crippen molar-refractivity contribution in [2.24, 2.45) is 0 Å². The van der Waals surface area contributed by atoms with Gasteiger partial charge in [-0.05, 0) is 47.7 Å². The second kappa shape index (κ2) is 5.49. The summed E-state index contributed by atoms with van der Waals surface area (Å²) in [5.74, 6) is -0.0314. The van der Waals surface area contributed by atoms with Crippen LogP contribution in [0, 0.1) is 11.3 Å². The Morgan fingerprint density at radius 3 is 2.67 bits per heavy atom. The fourth-order valence-electron chi connectivity index (χ4n) is 3.30. The molecular formula is C16H20BrN3O. The number of carbonyl (C=O) groups is 1. The van der Waals surface area contributed by atoms with E-state index in [1.54, 1.807) is 11.9 Å². The normalized spacial score (nSPS) is 20.8. The molecule has 3 rings (SSSR count). The lowest BCUT2D eigenvalue weighted by Gasteiger charge is -2.39. The number of nitriles is 1. The standard InChI is InChI=1S/C16H20BrN3O/c1-19(16(11-18)7-3-2-4-8-16)15(21)14-9-12(17)10-20(14)13-5-6-13/h9-10,13H,2-8H2,1H3. The van der Waals surface area contributed by atoms with Crippen molar-refractivity contribution >= 4 is 21.8 Å². The summed E-state index contributed by atoms with van der Waals surface area (Å²) in [6.45, 7) is 0. The minimum Gasteiger partial charge on any atom is -0.339 e. The van der Waals surface area contributed by atoms with Crippen LogP contribution in [0.25, 0.3) is 0 Å². The molecule has 0 spiro atoms. The summed E-state index contributed by atoms with van der Waals surface area (Å²) in [4.78, 5) is 14.6. The molecule has 112 valence electrons. The van der Waals surface area contributed by atoms with Crippen LogP contribution in [-0.2, 0) is 0 Å². The highest BCUT2D eigenvalue weighted by molar-refractivity contribution is 9.10. The van der Waals surface area contributed by atoms with E-state index in [-0.39, 0.29) is 5.91 Å². The molecule has 1 amide bonds. The molecular weight excluding hydrogens is 330 g/mol. The van der Waals surface area contributed by atoms with Gasteiger partial charge in [0.1, 0.15) is 11.2 Å². The molecule has 0 radical (unpaired) electrons. The molecule has 1 heterocycles. The predicted octanol–water partition coefficient (Wildman–Crippen LogP) is 3.88. The molecule has 0 aliphatic heterocycles. The Morgan fingerprint density at radius 2 is 2.10 bits per heavy atom. The van der Waals surface area contributed by atoms with Crippen LogP contribution in [0.2, 0.25) is 0 Å². The van der Waals surface area contributed by atoms with E-state index >= 15 is 0 Å². The van der Waals surface area contributed by atoms with Gasteiger partial charge in [0.2, 0.25) is 0 Å². The number of amides is 1. The summed E-state index contributed by atoms with van der Waals surface area (Å²) >= 11 is 3.47. The largest absolute Gasteiger partial charge is 0.339 e. The average molecular weight is 350 g/mol. The Labute approximate surface area is 133 Å². The van der Waals surface area contributed by atoms with Crippen molar-refractivity contribution in [3.05, 3.63) is 22.4 Å². The van der Waals surface area contributed by atoms with Gasteiger partial charge in [0.15, 0.2) is 0 Å². The third kappa shape index (κ3) is 2.62. The van der Waals surface area contributed by atoms with Crippen molar-refractivity contribution in [3.8, 4) is 6.07 Å². The molecule has 0 atom stereocenters. The van der Waals surface area contributed by atoms with E-state index in [2.05, 4.69) is 26.6 Å². The second-order valence-corrected chi connectivity index (χ2v) is 7.17. The first-order valence-electron chi connectivity index (χ1n) is 7.64. The molecule has 2 aliphatic carbocycles. The fraction of sp³-hybridized carbons (Fsp3) is 0.625. The van der Waals surface area contributed by atoms with Crippen LogP contribution in [0.4, 0.5) is 0 Å². The van der Waals surface area contributed by atoms with E-state index in [1.165, 1.54) is 0 Å². The van der Waals surface area contributed by atoms with Gasteiger partial charge >= 0.3 is 0 Å². The summed E-state index contributed by atoms with van der Waals surface area (Å²) in [6.07, 6.45) is 9.04. The molecule has 0 aromatic carbocycles. The average Bonchev–Trinajstić information content (AvgIpc) is 3.29. The minimum absolute atomic E-state index is 0.0314. The maximum atomic E-state index is 12.9. The maximum Gasteiger partial charge on any atom is 0.271 e. The van der Waals surface area contributed by atoms with Crippen molar-refractivity contribution < 1.29 is 4.79 Å². The van der Waals surface area contributed by atoms with Crippen molar-refractivity contribution in [3.63, 3.8) is 0 Å². The van der Waals surface area contributed by atoms with Crippen molar-refractivity contribution in [2.45, 2.75) is 56.5 Å². The smallest absolute Gasteiger partial charge is 0.271 e. The minimum atomic E-state index is -0.625. The van der Waals surface area contributed by atoms with Crippen LogP contribution in [0.5, 0.6) is 0 Å². The zero-order chi connectivity index (χ0) is 15.0. The van der Waals surface area contributed by atoms with E-state index in [0.717, 1.165) is 49.4 Å². The van der Waals surface area contributed by atoms with Crippen LogP contribution in [-0.4, -0.2) is 28.0 Å². The molecule has 21 heavy (non-hydrogen) atoms. The Kier molecular flexibility index (Phi) is 3.83. The van der Waals surface area contributed by atoms with Gasteiger partial charge in [0.25, 0.3) is 5.91 Å². The zero-order valence-corrected chi connectivity index (χ0v) is 13.9. The molecule has 0 N–H and O–H groups in total. The molecule has 0 saturated heterocycles. The summed E-state index contributed by atoms with van der Waals surface area (Å²) in [6, 6.07) is 4.75. The van der Waals surface area contributed by atoms with Crippen LogP contribution in [0.1, 0.15) is 61.5 Å².